The minimum atomic E-state index is 0. The van der Waals surface area contributed by atoms with Crippen LogP contribution in [0.15, 0.2) is 12.1 Å². The Morgan fingerprint density at radius 2 is 1.63 bits per heavy atom. The van der Waals surface area contributed by atoms with Gasteiger partial charge >= 0.3 is 0 Å². The molecule has 0 atom stereocenters. The van der Waals surface area contributed by atoms with Crippen molar-refractivity contribution in [2.45, 2.75) is 20.4 Å². The summed E-state index contributed by atoms with van der Waals surface area (Å²) >= 11 is 0. The molecule has 0 fully saturated rings. The van der Waals surface area contributed by atoms with Gasteiger partial charge in [-0.15, -0.1) is 12.4 Å². The highest BCUT2D eigenvalue weighted by molar-refractivity contribution is 5.85. The van der Waals surface area contributed by atoms with Gasteiger partial charge in [-0.2, -0.15) is 0 Å². The maximum Gasteiger partial charge on any atom is 0.203 e. The number of hydrogen-bond acceptors (Lipinski definition) is 4. The van der Waals surface area contributed by atoms with E-state index < -0.39 is 0 Å². The molecule has 0 saturated carbocycles. The number of ether oxygens (including phenoxy) is 3. The van der Waals surface area contributed by atoms with Gasteiger partial charge in [-0.25, -0.2) is 0 Å². The lowest BCUT2D eigenvalue weighted by Gasteiger charge is -2.16. The van der Waals surface area contributed by atoms with Gasteiger partial charge < -0.3 is 19.5 Å². The first-order valence-corrected chi connectivity index (χ1v) is 6.12. The van der Waals surface area contributed by atoms with Gasteiger partial charge in [0.2, 0.25) is 5.75 Å². The molecule has 1 rings (SSSR count). The highest BCUT2D eigenvalue weighted by Crippen LogP contribution is 2.39. The summed E-state index contributed by atoms with van der Waals surface area (Å²) in [5.41, 5.74) is 1.07. The Labute approximate surface area is 121 Å². The molecule has 0 spiro atoms. The van der Waals surface area contributed by atoms with E-state index in [0.29, 0.717) is 17.4 Å². The van der Waals surface area contributed by atoms with Gasteiger partial charge in [0.15, 0.2) is 11.5 Å². The van der Waals surface area contributed by atoms with E-state index in [1.54, 1.807) is 21.3 Å². The summed E-state index contributed by atoms with van der Waals surface area (Å²) in [7, 11) is 4.88. The molecule has 1 aromatic rings. The monoisotopic (exact) mass is 289 g/mol. The van der Waals surface area contributed by atoms with Crippen LogP contribution >= 0.6 is 12.4 Å². The lowest BCUT2D eigenvalue weighted by atomic mass is 10.1. The molecule has 1 aromatic carbocycles. The molecule has 0 heterocycles. The molecule has 0 saturated heterocycles. The van der Waals surface area contributed by atoms with Crippen LogP contribution in [0.4, 0.5) is 0 Å². The highest BCUT2D eigenvalue weighted by atomic mass is 35.5. The maximum absolute atomic E-state index is 5.42. The average Bonchev–Trinajstić information content (AvgIpc) is 2.37. The zero-order valence-electron chi connectivity index (χ0n) is 12.3. The van der Waals surface area contributed by atoms with E-state index in [9.17, 15) is 0 Å². The van der Waals surface area contributed by atoms with E-state index in [0.717, 1.165) is 24.4 Å². The van der Waals surface area contributed by atoms with E-state index >= 15 is 0 Å². The SMILES string of the molecule is COc1ccc(CNCC(C)C)c(OC)c1OC.Cl. The van der Waals surface area contributed by atoms with E-state index in [2.05, 4.69) is 19.2 Å². The van der Waals surface area contributed by atoms with Crippen molar-refractivity contribution < 1.29 is 14.2 Å². The molecule has 19 heavy (non-hydrogen) atoms. The number of hydrogen-bond donors (Lipinski definition) is 1. The first-order valence-electron chi connectivity index (χ1n) is 6.12. The van der Waals surface area contributed by atoms with Crippen molar-refractivity contribution >= 4 is 12.4 Å². The van der Waals surface area contributed by atoms with Crippen molar-refractivity contribution in [3.63, 3.8) is 0 Å². The summed E-state index contributed by atoms with van der Waals surface area (Å²) in [5.74, 6) is 2.68. The standard InChI is InChI=1S/C14H23NO3.ClH/c1-10(2)8-15-9-11-6-7-12(16-3)14(18-5)13(11)17-4;/h6-7,10,15H,8-9H2,1-5H3;1H. The number of nitrogens with one attached hydrogen (secondary N) is 1. The number of rotatable bonds is 7. The van der Waals surface area contributed by atoms with E-state index in [-0.39, 0.29) is 12.4 Å². The predicted molar refractivity (Wildman–Crippen MR) is 79.9 cm³/mol. The number of methoxy groups -OCH3 is 3. The average molecular weight is 290 g/mol. The molecule has 0 aliphatic heterocycles. The van der Waals surface area contributed by atoms with Crippen molar-refractivity contribution in [1.29, 1.82) is 0 Å². The predicted octanol–water partition coefficient (Wildman–Crippen LogP) is 2.88. The lowest BCUT2D eigenvalue weighted by Crippen LogP contribution is -2.19. The van der Waals surface area contributed by atoms with Crippen LogP contribution in [0.5, 0.6) is 17.2 Å². The lowest BCUT2D eigenvalue weighted by molar-refractivity contribution is 0.321. The Morgan fingerprint density at radius 1 is 1.00 bits per heavy atom. The summed E-state index contributed by atoms with van der Waals surface area (Å²) in [5, 5.41) is 3.39. The summed E-state index contributed by atoms with van der Waals surface area (Å²) in [6, 6.07) is 3.89. The third-order valence-electron chi connectivity index (χ3n) is 2.65. The molecule has 0 bridgehead atoms. The van der Waals surface area contributed by atoms with Gasteiger partial charge in [0, 0.05) is 12.1 Å². The molecule has 0 unspecified atom stereocenters. The van der Waals surface area contributed by atoms with Gasteiger partial charge in [-0.3, -0.25) is 0 Å². The van der Waals surface area contributed by atoms with Crippen LogP contribution in [0.1, 0.15) is 19.4 Å². The summed E-state index contributed by atoms with van der Waals surface area (Å²) in [6.45, 7) is 6.08. The molecule has 0 aliphatic rings. The van der Waals surface area contributed by atoms with Crippen LogP contribution < -0.4 is 19.5 Å². The Balaban J connectivity index is 0.00000324. The highest BCUT2D eigenvalue weighted by Gasteiger charge is 2.15. The van der Waals surface area contributed by atoms with Gasteiger partial charge in [0.05, 0.1) is 21.3 Å². The fourth-order valence-electron chi connectivity index (χ4n) is 1.80. The van der Waals surface area contributed by atoms with Gasteiger partial charge in [-0.1, -0.05) is 19.9 Å². The third kappa shape index (κ3) is 4.80. The van der Waals surface area contributed by atoms with Crippen molar-refractivity contribution in [2.24, 2.45) is 5.92 Å². The molecule has 0 amide bonds. The van der Waals surface area contributed by atoms with E-state index in [1.807, 2.05) is 12.1 Å². The summed E-state index contributed by atoms with van der Waals surface area (Å²) in [6.07, 6.45) is 0. The summed E-state index contributed by atoms with van der Waals surface area (Å²) < 4.78 is 16.0. The van der Waals surface area contributed by atoms with Gasteiger partial charge in [-0.05, 0) is 18.5 Å². The second kappa shape index (κ2) is 8.88. The Morgan fingerprint density at radius 3 is 2.11 bits per heavy atom. The first kappa shape index (κ1) is 17.9. The molecule has 110 valence electrons. The van der Waals surface area contributed by atoms with Crippen LogP contribution in [0.3, 0.4) is 0 Å². The molecule has 0 radical (unpaired) electrons. The van der Waals surface area contributed by atoms with E-state index in [1.165, 1.54) is 0 Å². The van der Waals surface area contributed by atoms with Crippen molar-refractivity contribution in [1.82, 2.24) is 5.32 Å². The molecule has 0 aliphatic carbocycles. The topological polar surface area (TPSA) is 39.7 Å². The zero-order chi connectivity index (χ0) is 13.5. The second-order valence-electron chi connectivity index (χ2n) is 4.52. The van der Waals surface area contributed by atoms with Gasteiger partial charge in [0.1, 0.15) is 0 Å². The van der Waals surface area contributed by atoms with Gasteiger partial charge in [0.25, 0.3) is 0 Å². The Kier molecular flexibility index (Phi) is 8.35. The van der Waals surface area contributed by atoms with Crippen LogP contribution in [0, 0.1) is 5.92 Å². The quantitative estimate of drug-likeness (QED) is 0.838. The van der Waals surface area contributed by atoms with Crippen LogP contribution in [0.25, 0.3) is 0 Å². The summed E-state index contributed by atoms with van der Waals surface area (Å²) in [4.78, 5) is 0. The number of benzene rings is 1. The van der Waals surface area contributed by atoms with Crippen LogP contribution in [-0.4, -0.2) is 27.9 Å². The van der Waals surface area contributed by atoms with E-state index in [4.69, 9.17) is 14.2 Å². The molecule has 1 N–H and O–H groups in total. The minimum absolute atomic E-state index is 0. The zero-order valence-corrected chi connectivity index (χ0v) is 13.1. The van der Waals surface area contributed by atoms with Crippen LogP contribution in [-0.2, 0) is 6.54 Å². The van der Waals surface area contributed by atoms with Crippen molar-refractivity contribution in [3.8, 4) is 17.2 Å². The largest absolute Gasteiger partial charge is 0.493 e. The fraction of sp³-hybridized carbons (Fsp3) is 0.571. The molecule has 0 aromatic heterocycles. The normalized spacial score (nSPS) is 10.0. The Hall–Kier alpha value is -1.13. The first-order chi connectivity index (χ1) is 8.63. The van der Waals surface area contributed by atoms with Crippen molar-refractivity contribution in [3.05, 3.63) is 17.7 Å². The third-order valence-corrected chi connectivity index (χ3v) is 2.65. The van der Waals surface area contributed by atoms with Crippen LogP contribution in [0.2, 0.25) is 0 Å². The molecule has 4 nitrogen and oxygen atoms in total. The fourth-order valence-corrected chi connectivity index (χ4v) is 1.80. The number of halogens is 1. The maximum atomic E-state index is 5.42. The minimum Gasteiger partial charge on any atom is -0.493 e. The molecule has 5 heteroatoms. The second-order valence-corrected chi connectivity index (χ2v) is 4.52. The molecular weight excluding hydrogens is 266 g/mol. The van der Waals surface area contributed by atoms with Crippen molar-refractivity contribution in [2.75, 3.05) is 27.9 Å². The molecular formula is C14H24ClNO3. The Bertz CT molecular complexity index is 383. The smallest absolute Gasteiger partial charge is 0.203 e.